The summed E-state index contributed by atoms with van der Waals surface area (Å²) in [4.78, 5) is 13.3. The Balaban J connectivity index is 2.06. The summed E-state index contributed by atoms with van der Waals surface area (Å²) in [6, 6.07) is 0.253. The van der Waals surface area contributed by atoms with Crippen LogP contribution >= 0.6 is 0 Å². The molecular weight excluding hydrogens is 296 g/mol. The van der Waals surface area contributed by atoms with E-state index in [0.717, 1.165) is 19.3 Å². The average Bonchev–Trinajstić information content (AvgIpc) is 2.89. The second kappa shape index (κ2) is 6.12. The number of carbonyl (C=O) groups is 1. The van der Waals surface area contributed by atoms with Crippen molar-refractivity contribution in [2.24, 2.45) is 0 Å². The Morgan fingerprint density at radius 3 is 2.62 bits per heavy atom. The Morgan fingerprint density at radius 1 is 1.48 bits per heavy atom. The van der Waals surface area contributed by atoms with Crippen molar-refractivity contribution in [3.63, 3.8) is 0 Å². The molecule has 0 aliphatic carbocycles. The van der Waals surface area contributed by atoms with Gasteiger partial charge >= 0.3 is 5.97 Å². The van der Waals surface area contributed by atoms with E-state index < -0.39 is 16.0 Å². The highest BCUT2D eigenvalue weighted by atomic mass is 32.2. The smallest absolute Gasteiger partial charge is 0.340 e. The predicted molar refractivity (Wildman–Crippen MR) is 75.6 cm³/mol. The van der Waals surface area contributed by atoms with Crippen LogP contribution in [0.2, 0.25) is 0 Å². The number of nitrogens with zero attached hydrogens (tertiary/aromatic N) is 2. The number of piperidine rings is 1. The number of H-pyrrole nitrogens is 1. The molecule has 0 aromatic carbocycles. The van der Waals surface area contributed by atoms with E-state index in [9.17, 15) is 13.2 Å². The van der Waals surface area contributed by atoms with E-state index >= 15 is 0 Å². The van der Waals surface area contributed by atoms with Crippen molar-refractivity contribution in [1.82, 2.24) is 19.8 Å². The number of aromatic carboxylic acids is 1. The zero-order valence-corrected chi connectivity index (χ0v) is 12.9. The number of nitrogens with one attached hydrogen (secondary N) is 2. The van der Waals surface area contributed by atoms with E-state index in [1.165, 1.54) is 0 Å². The van der Waals surface area contributed by atoms with Crippen LogP contribution in [0.15, 0.2) is 11.2 Å². The van der Waals surface area contributed by atoms with Crippen molar-refractivity contribution in [3.05, 3.63) is 11.8 Å². The second-order valence-electron chi connectivity index (χ2n) is 5.44. The van der Waals surface area contributed by atoms with E-state index in [0.29, 0.717) is 18.9 Å². The van der Waals surface area contributed by atoms with Crippen LogP contribution in [-0.2, 0) is 10.0 Å². The van der Waals surface area contributed by atoms with Gasteiger partial charge in [0.05, 0.1) is 6.20 Å². The summed E-state index contributed by atoms with van der Waals surface area (Å²) in [5.74, 6) is -1.32. The van der Waals surface area contributed by atoms with Crippen molar-refractivity contribution < 1.29 is 18.3 Å². The number of likely N-dealkylation sites (tertiary alicyclic amines) is 1. The van der Waals surface area contributed by atoms with Gasteiger partial charge in [-0.15, -0.1) is 0 Å². The minimum Gasteiger partial charge on any atom is -0.478 e. The van der Waals surface area contributed by atoms with Gasteiger partial charge in [-0.3, -0.25) is 5.10 Å². The van der Waals surface area contributed by atoms with E-state index in [2.05, 4.69) is 33.7 Å². The summed E-state index contributed by atoms with van der Waals surface area (Å²) in [5, 5.41) is 14.3. The molecule has 0 bridgehead atoms. The maximum Gasteiger partial charge on any atom is 0.340 e. The predicted octanol–water partition coefficient (Wildman–Crippen LogP) is 0.259. The maximum absolute atomic E-state index is 12.2. The molecule has 2 heterocycles. The van der Waals surface area contributed by atoms with Gasteiger partial charge in [0.2, 0.25) is 0 Å². The molecule has 0 amide bonds. The fraction of sp³-hybridized carbons (Fsp3) is 0.667. The Labute approximate surface area is 123 Å². The first-order chi connectivity index (χ1) is 9.81. The van der Waals surface area contributed by atoms with Gasteiger partial charge in [0.1, 0.15) is 5.56 Å². The number of aromatic nitrogens is 2. The molecule has 0 saturated carbocycles. The number of hydrogen-bond acceptors (Lipinski definition) is 5. The fourth-order valence-electron chi connectivity index (χ4n) is 2.44. The molecular formula is C12H20N4O4S. The van der Waals surface area contributed by atoms with Crippen molar-refractivity contribution in [2.75, 3.05) is 13.1 Å². The first-order valence-corrected chi connectivity index (χ1v) is 8.32. The lowest BCUT2D eigenvalue weighted by Gasteiger charge is -2.34. The second-order valence-corrected chi connectivity index (χ2v) is 7.09. The zero-order chi connectivity index (χ0) is 15.6. The summed E-state index contributed by atoms with van der Waals surface area (Å²) in [6.07, 6.45) is 2.40. The third-order valence-electron chi connectivity index (χ3n) is 3.69. The molecule has 0 unspecified atom stereocenters. The standard InChI is InChI=1S/C12H20N4O4S/c1-8(2)16-5-3-9(4-6-16)15-21(19,20)11-10(12(17)18)7-13-14-11/h7-9,15H,3-6H2,1-2H3,(H,13,14)(H,17,18). The average molecular weight is 316 g/mol. The van der Waals surface area contributed by atoms with Gasteiger partial charge < -0.3 is 10.0 Å². The van der Waals surface area contributed by atoms with Gasteiger partial charge in [-0.05, 0) is 39.8 Å². The fourth-order valence-corrected chi connectivity index (χ4v) is 3.84. The first kappa shape index (κ1) is 15.9. The Hall–Kier alpha value is -1.45. The minimum absolute atomic E-state index is 0.185. The molecule has 0 atom stereocenters. The largest absolute Gasteiger partial charge is 0.478 e. The van der Waals surface area contributed by atoms with Crippen LogP contribution in [0, 0.1) is 0 Å². The number of sulfonamides is 1. The van der Waals surface area contributed by atoms with Gasteiger partial charge in [0.15, 0.2) is 5.03 Å². The number of rotatable bonds is 5. The summed E-state index contributed by atoms with van der Waals surface area (Å²) >= 11 is 0. The third kappa shape index (κ3) is 3.60. The summed E-state index contributed by atoms with van der Waals surface area (Å²) in [7, 11) is -3.90. The van der Waals surface area contributed by atoms with Crippen molar-refractivity contribution in [2.45, 2.75) is 43.8 Å². The first-order valence-electron chi connectivity index (χ1n) is 6.84. The molecule has 3 N–H and O–H groups in total. The van der Waals surface area contributed by atoms with Crippen LogP contribution < -0.4 is 4.72 Å². The molecule has 2 rings (SSSR count). The Morgan fingerprint density at radius 2 is 2.10 bits per heavy atom. The monoisotopic (exact) mass is 316 g/mol. The molecule has 1 fully saturated rings. The molecule has 0 radical (unpaired) electrons. The molecule has 1 saturated heterocycles. The molecule has 1 aliphatic heterocycles. The highest BCUT2D eigenvalue weighted by Crippen LogP contribution is 2.17. The van der Waals surface area contributed by atoms with Gasteiger partial charge in [0, 0.05) is 12.1 Å². The van der Waals surface area contributed by atoms with Crippen molar-refractivity contribution in [1.29, 1.82) is 0 Å². The summed E-state index contributed by atoms with van der Waals surface area (Å²) in [5.41, 5.74) is -0.345. The molecule has 1 aromatic heterocycles. The van der Waals surface area contributed by atoms with Crippen LogP contribution in [0.25, 0.3) is 0 Å². The lowest BCUT2D eigenvalue weighted by Crippen LogP contribution is -2.46. The molecule has 0 spiro atoms. The van der Waals surface area contributed by atoms with Crippen molar-refractivity contribution in [3.8, 4) is 0 Å². The van der Waals surface area contributed by atoms with Gasteiger partial charge in [0.25, 0.3) is 10.0 Å². The highest BCUT2D eigenvalue weighted by molar-refractivity contribution is 7.89. The van der Waals surface area contributed by atoms with Crippen LogP contribution in [-0.4, -0.2) is 59.8 Å². The Kier molecular flexibility index (Phi) is 4.64. The van der Waals surface area contributed by atoms with Gasteiger partial charge in [-0.25, -0.2) is 17.9 Å². The third-order valence-corrected chi connectivity index (χ3v) is 5.18. The lowest BCUT2D eigenvalue weighted by atomic mass is 10.1. The minimum atomic E-state index is -3.90. The quantitative estimate of drug-likeness (QED) is 0.717. The lowest BCUT2D eigenvalue weighted by molar-refractivity contribution is 0.0692. The molecule has 9 heteroatoms. The topological polar surface area (TPSA) is 115 Å². The summed E-state index contributed by atoms with van der Waals surface area (Å²) in [6.45, 7) is 5.85. The Bertz CT molecular complexity index is 603. The van der Waals surface area contributed by atoms with Crippen molar-refractivity contribution >= 4 is 16.0 Å². The molecule has 8 nitrogen and oxygen atoms in total. The number of carboxylic acids is 1. The van der Waals surface area contributed by atoms with Crippen LogP contribution in [0.4, 0.5) is 0 Å². The van der Waals surface area contributed by atoms with Crippen LogP contribution in [0.3, 0.4) is 0 Å². The number of carboxylic acid groups (broad SMARTS) is 1. The maximum atomic E-state index is 12.2. The highest BCUT2D eigenvalue weighted by Gasteiger charge is 2.29. The molecule has 21 heavy (non-hydrogen) atoms. The van der Waals surface area contributed by atoms with Gasteiger partial charge in [-0.1, -0.05) is 0 Å². The molecule has 1 aliphatic rings. The van der Waals surface area contributed by atoms with Crippen LogP contribution in [0.5, 0.6) is 0 Å². The van der Waals surface area contributed by atoms with Crippen LogP contribution in [0.1, 0.15) is 37.0 Å². The van der Waals surface area contributed by atoms with Gasteiger partial charge in [-0.2, -0.15) is 5.10 Å². The SMILES string of the molecule is CC(C)N1CCC(NS(=O)(=O)c2[nH]ncc2C(=O)O)CC1. The van der Waals surface area contributed by atoms with E-state index in [1.807, 2.05) is 0 Å². The summed E-state index contributed by atoms with van der Waals surface area (Å²) < 4.78 is 27.0. The van der Waals surface area contributed by atoms with E-state index in [4.69, 9.17) is 5.11 Å². The zero-order valence-electron chi connectivity index (χ0n) is 12.0. The molecule has 1 aromatic rings. The normalized spacial score (nSPS) is 18.2. The number of hydrogen-bond donors (Lipinski definition) is 3. The van der Waals surface area contributed by atoms with E-state index in [1.54, 1.807) is 0 Å². The number of aromatic amines is 1. The molecule has 118 valence electrons. The van der Waals surface area contributed by atoms with E-state index in [-0.39, 0.29) is 16.6 Å².